The first-order valence-electron chi connectivity index (χ1n) is 10.1. The second kappa shape index (κ2) is 10.2. The zero-order chi connectivity index (χ0) is 22.5. The van der Waals surface area contributed by atoms with Crippen LogP contribution in [0.15, 0.2) is 52.4 Å². The van der Waals surface area contributed by atoms with Crippen LogP contribution in [0.4, 0.5) is 0 Å². The Balaban J connectivity index is 1.79. The number of methoxy groups -OCH3 is 1. The van der Waals surface area contributed by atoms with Gasteiger partial charge < -0.3 is 10.1 Å². The van der Waals surface area contributed by atoms with Crippen LogP contribution in [0.1, 0.15) is 26.3 Å². The summed E-state index contributed by atoms with van der Waals surface area (Å²) in [6, 6.07) is 12.6. The topological polar surface area (TPSA) is 73.2 Å². The van der Waals surface area contributed by atoms with Gasteiger partial charge in [-0.05, 0) is 48.7 Å². The Morgan fingerprint density at radius 3 is 2.55 bits per heavy atom. The quantitative estimate of drug-likeness (QED) is 0.396. The molecule has 31 heavy (non-hydrogen) atoms. The molecule has 1 N–H and O–H groups in total. The minimum atomic E-state index is -0.423. The lowest BCUT2D eigenvalue weighted by Crippen LogP contribution is -2.32. The van der Waals surface area contributed by atoms with Gasteiger partial charge in [0.25, 0.3) is 5.56 Å². The maximum Gasteiger partial charge on any atom is 0.262 e. The fraction of sp³-hybridized carbons (Fsp3) is 0.348. The maximum absolute atomic E-state index is 13.1. The van der Waals surface area contributed by atoms with Crippen LogP contribution >= 0.6 is 23.4 Å². The molecule has 0 unspecified atom stereocenters. The van der Waals surface area contributed by atoms with E-state index >= 15 is 0 Å². The summed E-state index contributed by atoms with van der Waals surface area (Å²) in [4.78, 5) is 30.4. The first kappa shape index (κ1) is 23.2. The predicted molar refractivity (Wildman–Crippen MR) is 126 cm³/mol. The first-order valence-corrected chi connectivity index (χ1v) is 11.3. The van der Waals surface area contributed by atoms with Crippen LogP contribution < -0.4 is 15.6 Å². The number of nitrogens with one attached hydrogen (secondary N) is 1. The molecule has 0 bridgehead atoms. The van der Waals surface area contributed by atoms with Crippen molar-refractivity contribution in [3.05, 3.63) is 63.4 Å². The van der Waals surface area contributed by atoms with E-state index in [1.54, 1.807) is 29.9 Å². The van der Waals surface area contributed by atoms with Crippen molar-refractivity contribution >= 4 is 40.2 Å². The molecule has 0 radical (unpaired) electrons. The van der Waals surface area contributed by atoms with Crippen molar-refractivity contribution in [2.75, 3.05) is 7.11 Å². The summed E-state index contributed by atoms with van der Waals surface area (Å²) < 4.78 is 6.79. The third-order valence-electron chi connectivity index (χ3n) is 4.71. The first-order chi connectivity index (χ1) is 14.8. The highest BCUT2D eigenvalue weighted by molar-refractivity contribution is 8.00. The number of carbonyl (C=O) groups excluding carboxylic acids is 1. The lowest BCUT2D eigenvalue weighted by molar-refractivity contribution is -0.120. The average molecular weight is 460 g/mol. The Kier molecular flexibility index (Phi) is 7.62. The van der Waals surface area contributed by atoms with Crippen molar-refractivity contribution in [2.45, 2.75) is 44.3 Å². The van der Waals surface area contributed by atoms with Gasteiger partial charge in [0, 0.05) is 18.1 Å². The summed E-state index contributed by atoms with van der Waals surface area (Å²) in [6.45, 7) is 6.81. The Morgan fingerprint density at radius 2 is 1.90 bits per heavy atom. The Morgan fingerprint density at radius 1 is 1.19 bits per heavy atom. The highest BCUT2D eigenvalue weighted by Crippen LogP contribution is 2.24. The van der Waals surface area contributed by atoms with E-state index in [-0.39, 0.29) is 17.4 Å². The van der Waals surface area contributed by atoms with Gasteiger partial charge >= 0.3 is 0 Å². The summed E-state index contributed by atoms with van der Waals surface area (Å²) in [6.07, 6.45) is 0. The van der Waals surface area contributed by atoms with Crippen molar-refractivity contribution in [2.24, 2.45) is 5.92 Å². The minimum absolute atomic E-state index is 0.123. The van der Waals surface area contributed by atoms with E-state index in [1.807, 2.05) is 45.0 Å². The lowest BCUT2D eigenvalue weighted by atomic mass is 10.2. The smallest absolute Gasteiger partial charge is 0.262 e. The number of ether oxygens (including phenoxy) is 1. The number of aromatic nitrogens is 2. The third-order valence-corrected chi connectivity index (χ3v) is 6.03. The van der Waals surface area contributed by atoms with Gasteiger partial charge in [0.1, 0.15) is 5.75 Å². The Labute approximate surface area is 191 Å². The molecule has 0 fully saturated rings. The van der Waals surface area contributed by atoms with Gasteiger partial charge in [-0.1, -0.05) is 49.3 Å². The number of benzene rings is 2. The molecule has 8 heteroatoms. The fourth-order valence-corrected chi connectivity index (χ4v) is 4.19. The van der Waals surface area contributed by atoms with Gasteiger partial charge in [0.15, 0.2) is 5.16 Å². The normalized spacial score (nSPS) is 12.2. The molecule has 164 valence electrons. The number of carbonyl (C=O) groups is 1. The second-order valence-electron chi connectivity index (χ2n) is 7.69. The highest BCUT2D eigenvalue weighted by Gasteiger charge is 2.20. The van der Waals surface area contributed by atoms with E-state index in [4.69, 9.17) is 16.3 Å². The number of hydrogen-bond acceptors (Lipinski definition) is 5. The molecular formula is C23H26ClN3O3S. The molecular weight excluding hydrogens is 434 g/mol. The largest absolute Gasteiger partial charge is 0.497 e. The van der Waals surface area contributed by atoms with Crippen LogP contribution in [0, 0.1) is 5.92 Å². The molecule has 0 aliphatic heterocycles. The molecule has 0 saturated carbocycles. The summed E-state index contributed by atoms with van der Waals surface area (Å²) in [7, 11) is 1.62. The number of thioether (sulfide) groups is 1. The molecule has 0 spiro atoms. The summed E-state index contributed by atoms with van der Waals surface area (Å²) in [5, 5.41) is 4.02. The molecule has 3 aromatic rings. The Bertz CT molecular complexity index is 1130. The lowest BCUT2D eigenvalue weighted by Gasteiger charge is -2.17. The van der Waals surface area contributed by atoms with E-state index in [2.05, 4.69) is 10.3 Å². The van der Waals surface area contributed by atoms with Crippen LogP contribution in [0.5, 0.6) is 5.75 Å². The third kappa shape index (κ3) is 5.80. The SMILES string of the molecule is COc1ccc(CNC(=O)[C@H](C)Sc2nc3ccc(Cl)cc3c(=O)n2CC(C)C)cc1. The van der Waals surface area contributed by atoms with Gasteiger partial charge in [0.2, 0.25) is 5.91 Å². The fourth-order valence-electron chi connectivity index (χ4n) is 3.08. The summed E-state index contributed by atoms with van der Waals surface area (Å²) >= 11 is 7.36. The summed E-state index contributed by atoms with van der Waals surface area (Å²) in [5.74, 6) is 0.892. The number of fused-ring (bicyclic) bond motifs is 1. The molecule has 0 aliphatic carbocycles. The molecule has 2 aromatic carbocycles. The van der Waals surface area contributed by atoms with Gasteiger partial charge in [-0.3, -0.25) is 14.2 Å². The molecule has 0 saturated heterocycles. The zero-order valence-electron chi connectivity index (χ0n) is 18.0. The van der Waals surface area contributed by atoms with Crippen LogP contribution in [0.25, 0.3) is 10.9 Å². The molecule has 3 rings (SSSR count). The van der Waals surface area contributed by atoms with Crippen molar-refractivity contribution in [3.8, 4) is 5.75 Å². The number of amides is 1. The zero-order valence-corrected chi connectivity index (χ0v) is 19.6. The van der Waals surface area contributed by atoms with Crippen LogP contribution in [-0.2, 0) is 17.9 Å². The van der Waals surface area contributed by atoms with E-state index in [9.17, 15) is 9.59 Å². The van der Waals surface area contributed by atoms with Crippen molar-refractivity contribution < 1.29 is 9.53 Å². The molecule has 1 atom stereocenters. The Hall–Kier alpha value is -2.51. The maximum atomic E-state index is 13.1. The number of rotatable bonds is 8. The molecule has 1 heterocycles. The van der Waals surface area contributed by atoms with Crippen LogP contribution in [0.3, 0.4) is 0 Å². The van der Waals surface area contributed by atoms with Gasteiger partial charge in [-0.15, -0.1) is 0 Å². The summed E-state index contributed by atoms with van der Waals surface area (Å²) in [5.41, 5.74) is 1.40. The van der Waals surface area contributed by atoms with Gasteiger partial charge in [0.05, 0.1) is 23.3 Å². The average Bonchev–Trinajstić information content (AvgIpc) is 2.75. The minimum Gasteiger partial charge on any atom is -0.497 e. The van der Waals surface area contributed by atoms with E-state index < -0.39 is 5.25 Å². The standard InChI is InChI=1S/C23H26ClN3O3S/c1-14(2)13-27-22(29)19-11-17(24)7-10-20(19)26-23(27)31-15(3)21(28)25-12-16-5-8-18(30-4)9-6-16/h5-11,14-15H,12-13H2,1-4H3,(H,25,28)/t15-/m0/s1. The molecule has 1 amide bonds. The number of hydrogen-bond donors (Lipinski definition) is 1. The van der Waals surface area contributed by atoms with E-state index in [0.29, 0.717) is 34.2 Å². The van der Waals surface area contributed by atoms with Gasteiger partial charge in [-0.25, -0.2) is 4.98 Å². The van der Waals surface area contributed by atoms with E-state index in [1.165, 1.54) is 11.8 Å². The second-order valence-corrected chi connectivity index (χ2v) is 9.44. The van der Waals surface area contributed by atoms with Crippen LogP contribution in [-0.4, -0.2) is 27.8 Å². The monoisotopic (exact) mass is 459 g/mol. The number of nitrogens with zero attached hydrogens (tertiary/aromatic N) is 2. The van der Waals surface area contributed by atoms with Crippen molar-refractivity contribution in [3.63, 3.8) is 0 Å². The van der Waals surface area contributed by atoms with Crippen molar-refractivity contribution in [1.82, 2.24) is 14.9 Å². The predicted octanol–water partition coefficient (Wildman–Crippen LogP) is 4.51. The molecule has 1 aromatic heterocycles. The number of halogens is 1. The van der Waals surface area contributed by atoms with Gasteiger partial charge in [-0.2, -0.15) is 0 Å². The highest BCUT2D eigenvalue weighted by atomic mass is 35.5. The van der Waals surface area contributed by atoms with E-state index in [0.717, 1.165) is 11.3 Å². The van der Waals surface area contributed by atoms with Crippen molar-refractivity contribution in [1.29, 1.82) is 0 Å². The van der Waals surface area contributed by atoms with Crippen LogP contribution in [0.2, 0.25) is 5.02 Å². The molecule has 6 nitrogen and oxygen atoms in total. The molecule has 0 aliphatic rings.